The zero-order chi connectivity index (χ0) is 19.3. The number of hydrogen-bond donors (Lipinski definition) is 2. The van der Waals surface area contributed by atoms with Crippen LogP contribution in [0.1, 0.15) is 38.2 Å². The van der Waals surface area contributed by atoms with Crippen molar-refractivity contribution < 1.29 is 14.3 Å². The number of carbonyl (C=O) groups is 1. The number of amides is 1. The molecule has 2 N–H and O–H groups in total. The molecule has 1 atom stereocenters. The first-order valence-electron chi connectivity index (χ1n) is 8.96. The molecule has 0 unspecified atom stereocenters. The third kappa shape index (κ3) is 5.56. The highest BCUT2D eigenvalue weighted by Gasteiger charge is 2.23. The summed E-state index contributed by atoms with van der Waals surface area (Å²) >= 11 is 0. The van der Waals surface area contributed by atoms with Crippen molar-refractivity contribution in [3.63, 3.8) is 0 Å². The van der Waals surface area contributed by atoms with Crippen LogP contribution in [0.25, 0.3) is 11.0 Å². The standard InChI is InChI=1S/C21H25N3O3/c1-21(2,3)27-20(25)24-18(14-26-13-15-9-5-4-6-10-15)19-22-16-11-7-8-12-17(16)23-19/h4-12,18H,13-14H2,1-3H3,(H,22,23)(H,24,25)/t18-/m0/s1. The van der Waals surface area contributed by atoms with Gasteiger partial charge in [0.15, 0.2) is 0 Å². The van der Waals surface area contributed by atoms with E-state index in [0.29, 0.717) is 12.4 Å². The fourth-order valence-electron chi connectivity index (χ4n) is 2.65. The average molecular weight is 367 g/mol. The Bertz CT molecular complexity index is 851. The highest BCUT2D eigenvalue weighted by molar-refractivity contribution is 5.75. The molecule has 2 aromatic carbocycles. The van der Waals surface area contributed by atoms with Crippen LogP contribution in [0.4, 0.5) is 4.79 Å². The van der Waals surface area contributed by atoms with E-state index in [-0.39, 0.29) is 6.61 Å². The molecule has 6 nitrogen and oxygen atoms in total. The first kappa shape index (κ1) is 18.9. The van der Waals surface area contributed by atoms with Gasteiger partial charge in [0.2, 0.25) is 0 Å². The highest BCUT2D eigenvalue weighted by atomic mass is 16.6. The van der Waals surface area contributed by atoms with Gasteiger partial charge in [0.1, 0.15) is 17.5 Å². The number of aromatic amines is 1. The number of alkyl carbamates (subject to hydrolysis) is 1. The largest absolute Gasteiger partial charge is 0.444 e. The fourth-order valence-corrected chi connectivity index (χ4v) is 2.65. The summed E-state index contributed by atoms with van der Waals surface area (Å²) < 4.78 is 11.2. The second kappa shape index (κ2) is 8.22. The van der Waals surface area contributed by atoms with Crippen molar-refractivity contribution in [1.82, 2.24) is 15.3 Å². The molecule has 3 aromatic rings. The number of H-pyrrole nitrogens is 1. The quantitative estimate of drug-likeness (QED) is 0.679. The fraction of sp³-hybridized carbons (Fsp3) is 0.333. The topological polar surface area (TPSA) is 76.2 Å². The number of benzene rings is 2. The lowest BCUT2D eigenvalue weighted by Gasteiger charge is -2.23. The predicted molar refractivity (Wildman–Crippen MR) is 104 cm³/mol. The van der Waals surface area contributed by atoms with Gasteiger partial charge in [0.05, 0.1) is 24.2 Å². The van der Waals surface area contributed by atoms with E-state index < -0.39 is 17.7 Å². The van der Waals surface area contributed by atoms with Crippen molar-refractivity contribution in [2.45, 2.75) is 39.0 Å². The molecular weight excluding hydrogens is 342 g/mol. The zero-order valence-corrected chi connectivity index (χ0v) is 15.9. The second-order valence-corrected chi connectivity index (χ2v) is 7.34. The molecule has 0 saturated heterocycles. The Labute approximate surface area is 158 Å². The maximum atomic E-state index is 12.3. The monoisotopic (exact) mass is 367 g/mol. The van der Waals surface area contributed by atoms with Gasteiger partial charge < -0.3 is 19.8 Å². The molecule has 3 rings (SSSR count). The van der Waals surface area contributed by atoms with Crippen molar-refractivity contribution in [3.05, 3.63) is 66.0 Å². The number of aromatic nitrogens is 2. The van der Waals surface area contributed by atoms with E-state index in [9.17, 15) is 4.79 Å². The van der Waals surface area contributed by atoms with Crippen LogP contribution in [0.2, 0.25) is 0 Å². The molecule has 1 amide bonds. The van der Waals surface area contributed by atoms with Gasteiger partial charge in [-0.05, 0) is 38.5 Å². The Kier molecular flexibility index (Phi) is 5.76. The summed E-state index contributed by atoms with van der Waals surface area (Å²) in [6.07, 6.45) is -0.503. The van der Waals surface area contributed by atoms with Crippen molar-refractivity contribution in [3.8, 4) is 0 Å². The average Bonchev–Trinajstić information content (AvgIpc) is 3.04. The molecule has 0 saturated carbocycles. The summed E-state index contributed by atoms with van der Waals surface area (Å²) in [4.78, 5) is 20.1. The van der Waals surface area contributed by atoms with Gasteiger partial charge in [-0.1, -0.05) is 42.5 Å². The predicted octanol–water partition coefficient (Wildman–Crippen LogP) is 4.35. The van der Waals surface area contributed by atoms with Gasteiger partial charge in [-0.2, -0.15) is 0 Å². The van der Waals surface area contributed by atoms with Gasteiger partial charge in [0.25, 0.3) is 0 Å². The highest BCUT2D eigenvalue weighted by Crippen LogP contribution is 2.18. The first-order chi connectivity index (χ1) is 12.9. The van der Waals surface area contributed by atoms with Crippen LogP contribution in [0.15, 0.2) is 54.6 Å². The van der Waals surface area contributed by atoms with E-state index in [1.807, 2.05) is 75.4 Å². The summed E-state index contributed by atoms with van der Waals surface area (Å²) in [5.41, 5.74) is 2.24. The number of carbonyl (C=O) groups excluding carboxylic acids is 1. The molecule has 0 fully saturated rings. The number of hydrogen-bond acceptors (Lipinski definition) is 4. The molecule has 0 radical (unpaired) electrons. The van der Waals surface area contributed by atoms with Crippen LogP contribution in [-0.2, 0) is 16.1 Å². The van der Waals surface area contributed by atoms with Crippen LogP contribution >= 0.6 is 0 Å². The van der Waals surface area contributed by atoms with E-state index in [4.69, 9.17) is 9.47 Å². The van der Waals surface area contributed by atoms with Crippen LogP contribution < -0.4 is 5.32 Å². The third-order valence-electron chi connectivity index (χ3n) is 3.82. The van der Waals surface area contributed by atoms with Crippen molar-refractivity contribution in [1.29, 1.82) is 0 Å². The number of ether oxygens (including phenoxy) is 2. The lowest BCUT2D eigenvalue weighted by molar-refractivity contribution is 0.0421. The van der Waals surface area contributed by atoms with E-state index >= 15 is 0 Å². The molecule has 6 heteroatoms. The minimum absolute atomic E-state index is 0.272. The van der Waals surface area contributed by atoms with Gasteiger partial charge >= 0.3 is 6.09 Å². The molecule has 0 aliphatic rings. The maximum absolute atomic E-state index is 12.3. The second-order valence-electron chi connectivity index (χ2n) is 7.34. The summed E-state index contributed by atoms with van der Waals surface area (Å²) in [5, 5.41) is 2.86. The minimum atomic E-state index is -0.576. The normalized spacial score (nSPS) is 12.7. The minimum Gasteiger partial charge on any atom is -0.444 e. The van der Waals surface area contributed by atoms with Crippen LogP contribution in [-0.4, -0.2) is 28.3 Å². The Balaban J connectivity index is 1.72. The van der Waals surface area contributed by atoms with Crippen molar-refractivity contribution in [2.75, 3.05) is 6.61 Å². The van der Waals surface area contributed by atoms with E-state index in [1.54, 1.807) is 0 Å². The van der Waals surface area contributed by atoms with E-state index in [1.165, 1.54) is 0 Å². The molecular formula is C21H25N3O3. The van der Waals surface area contributed by atoms with Crippen molar-refractivity contribution in [2.24, 2.45) is 0 Å². The Morgan fingerprint density at radius 3 is 2.52 bits per heavy atom. The SMILES string of the molecule is CC(C)(C)OC(=O)N[C@@H](COCc1ccccc1)c1nc2ccccc2[nH]1. The number of fused-ring (bicyclic) bond motifs is 1. The number of nitrogens with one attached hydrogen (secondary N) is 2. The number of rotatable bonds is 6. The van der Waals surface area contributed by atoms with Crippen molar-refractivity contribution >= 4 is 17.1 Å². The first-order valence-corrected chi connectivity index (χ1v) is 8.96. The molecule has 142 valence electrons. The Hall–Kier alpha value is -2.86. The number of imidazole rings is 1. The molecule has 0 spiro atoms. The van der Waals surface area contributed by atoms with Crippen LogP contribution in [0.5, 0.6) is 0 Å². The third-order valence-corrected chi connectivity index (χ3v) is 3.82. The molecule has 0 bridgehead atoms. The van der Waals surface area contributed by atoms with Gasteiger partial charge in [-0.25, -0.2) is 9.78 Å². The van der Waals surface area contributed by atoms with Crippen LogP contribution in [0, 0.1) is 0 Å². The maximum Gasteiger partial charge on any atom is 0.408 e. The molecule has 1 aromatic heterocycles. The number of para-hydroxylation sites is 2. The van der Waals surface area contributed by atoms with Gasteiger partial charge in [-0.15, -0.1) is 0 Å². The van der Waals surface area contributed by atoms with E-state index in [0.717, 1.165) is 16.6 Å². The molecule has 0 aliphatic heterocycles. The number of nitrogens with zero attached hydrogens (tertiary/aromatic N) is 1. The Morgan fingerprint density at radius 1 is 1.11 bits per heavy atom. The van der Waals surface area contributed by atoms with Gasteiger partial charge in [0, 0.05) is 0 Å². The molecule has 27 heavy (non-hydrogen) atoms. The smallest absolute Gasteiger partial charge is 0.408 e. The molecule has 0 aliphatic carbocycles. The lowest BCUT2D eigenvalue weighted by Crippen LogP contribution is -2.37. The van der Waals surface area contributed by atoms with Gasteiger partial charge in [-0.3, -0.25) is 0 Å². The summed E-state index contributed by atoms with van der Waals surface area (Å²) in [5.74, 6) is 0.634. The molecule has 1 heterocycles. The lowest BCUT2D eigenvalue weighted by atomic mass is 10.2. The van der Waals surface area contributed by atoms with E-state index in [2.05, 4.69) is 15.3 Å². The zero-order valence-electron chi connectivity index (χ0n) is 15.9. The summed E-state index contributed by atoms with van der Waals surface area (Å²) in [7, 11) is 0. The summed E-state index contributed by atoms with van der Waals surface area (Å²) in [6, 6.07) is 17.2. The summed E-state index contributed by atoms with van der Waals surface area (Å²) in [6.45, 7) is 6.21. The Morgan fingerprint density at radius 2 is 1.81 bits per heavy atom. The van der Waals surface area contributed by atoms with Crippen LogP contribution in [0.3, 0.4) is 0 Å².